The van der Waals surface area contributed by atoms with E-state index in [1.165, 1.54) is 0 Å². The van der Waals surface area contributed by atoms with Crippen LogP contribution in [0.2, 0.25) is 36.3 Å². The van der Waals surface area contributed by atoms with Gasteiger partial charge in [-0.25, -0.2) is 9.59 Å². The van der Waals surface area contributed by atoms with Gasteiger partial charge in [-0.2, -0.15) is 0 Å². The predicted octanol–water partition coefficient (Wildman–Crippen LogP) is 7.64. The number of carbonyl (C=O) groups excluding carboxylic acids is 2. The molecule has 0 aliphatic carbocycles. The lowest BCUT2D eigenvalue weighted by Crippen LogP contribution is -2.64. The summed E-state index contributed by atoms with van der Waals surface area (Å²) >= 11 is 0. The number of ether oxygens (including phenoxy) is 3. The Morgan fingerprint density at radius 3 is 1.55 bits per heavy atom. The molecule has 0 amide bonds. The standard InChI is InChI=1S/C33H50O7Si2/c1-23-27(38-30(34)24-18-14-12-15-19-24)29(40-42(10,11)33(5,6)7)28(39-31(35)25-20-16-13-17-21-25)26(37-23)22-36-41(8,9)32(2,3)4/h12-21,23,26-29H,22H2,1-11H3. The molecular weight excluding hydrogens is 565 g/mol. The number of benzene rings is 2. The van der Waals surface area contributed by atoms with Crippen molar-refractivity contribution < 1.29 is 32.7 Å². The Kier molecular flexibility index (Phi) is 10.7. The highest BCUT2D eigenvalue weighted by Gasteiger charge is 2.53. The average molecular weight is 615 g/mol. The van der Waals surface area contributed by atoms with Crippen LogP contribution in [-0.2, 0) is 23.1 Å². The van der Waals surface area contributed by atoms with Gasteiger partial charge in [0, 0.05) is 0 Å². The van der Waals surface area contributed by atoms with Crippen molar-refractivity contribution >= 4 is 28.6 Å². The number of hydrogen-bond acceptors (Lipinski definition) is 7. The van der Waals surface area contributed by atoms with Crippen molar-refractivity contribution in [1.29, 1.82) is 0 Å². The van der Waals surface area contributed by atoms with E-state index in [4.69, 9.17) is 23.1 Å². The van der Waals surface area contributed by atoms with Gasteiger partial charge < -0.3 is 23.1 Å². The van der Waals surface area contributed by atoms with Crippen molar-refractivity contribution in [3.05, 3.63) is 71.8 Å². The van der Waals surface area contributed by atoms with Gasteiger partial charge in [0.25, 0.3) is 0 Å². The lowest BCUT2D eigenvalue weighted by molar-refractivity contribution is -0.219. The summed E-state index contributed by atoms with van der Waals surface area (Å²) in [4.78, 5) is 26.8. The van der Waals surface area contributed by atoms with Crippen molar-refractivity contribution in [2.45, 2.75) is 115 Å². The van der Waals surface area contributed by atoms with Crippen molar-refractivity contribution in [3.8, 4) is 0 Å². The van der Waals surface area contributed by atoms with Crippen LogP contribution in [0.4, 0.5) is 0 Å². The molecule has 1 heterocycles. The Balaban J connectivity index is 2.05. The van der Waals surface area contributed by atoms with Crippen LogP contribution in [0.25, 0.3) is 0 Å². The van der Waals surface area contributed by atoms with Crippen LogP contribution in [0.3, 0.4) is 0 Å². The van der Waals surface area contributed by atoms with Gasteiger partial charge in [-0.1, -0.05) is 77.9 Å². The summed E-state index contributed by atoms with van der Waals surface area (Å²) in [6, 6.07) is 17.7. The zero-order chi connectivity index (χ0) is 31.5. The Hall–Kier alpha value is -2.31. The molecule has 1 saturated heterocycles. The summed E-state index contributed by atoms with van der Waals surface area (Å²) < 4.78 is 32.5. The highest BCUT2D eigenvalue weighted by molar-refractivity contribution is 6.74. The Morgan fingerprint density at radius 1 is 0.690 bits per heavy atom. The van der Waals surface area contributed by atoms with Gasteiger partial charge in [0.15, 0.2) is 28.8 Å². The monoisotopic (exact) mass is 614 g/mol. The van der Waals surface area contributed by atoms with E-state index < -0.39 is 59.1 Å². The van der Waals surface area contributed by atoms with E-state index in [-0.39, 0.29) is 16.7 Å². The first-order chi connectivity index (χ1) is 19.3. The van der Waals surface area contributed by atoms with Crippen molar-refractivity contribution in [2.75, 3.05) is 6.61 Å². The fourth-order valence-electron chi connectivity index (χ4n) is 4.23. The molecule has 0 radical (unpaired) electrons. The summed E-state index contributed by atoms with van der Waals surface area (Å²) in [7, 11) is -4.62. The van der Waals surface area contributed by atoms with Crippen LogP contribution < -0.4 is 0 Å². The summed E-state index contributed by atoms with van der Waals surface area (Å²) in [5.41, 5.74) is 0.848. The molecule has 3 rings (SSSR count). The Labute approximate surface area is 254 Å². The van der Waals surface area contributed by atoms with E-state index in [2.05, 4.69) is 67.7 Å². The van der Waals surface area contributed by atoms with Crippen LogP contribution in [0.1, 0.15) is 69.2 Å². The quantitative estimate of drug-likeness (QED) is 0.212. The van der Waals surface area contributed by atoms with Gasteiger partial charge in [-0.3, -0.25) is 0 Å². The molecule has 0 aromatic heterocycles. The smallest absolute Gasteiger partial charge is 0.338 e. The largest absolute Gasteiger partial charge is 0.453 e. The molecule has 2 aromatic rings. The van der Waals surface area contributed by atoms with Gasteiger partial charge in [0.2, 0.25) is 0 Å². The molecule has 7 nitrogen and oxygen atoms in total. The second kappa shape index (κ2) is 13.1. The van der Waals surface area contributed by atoms with Crippen LogP contribution in [-0.4, -0.2) is 65.7 Å². The van der Waals surface area contributed by atoms with E-state index in [0.717, 1.165) is 0 Å². The molecular formula is C33H50O7Si2. The fraction of sp³-hybridized carbons (Fsp3) is 0.576. The summed E-state index contributed by atoms with van der Waals surface area (Å²) in [5.74, 6) is -0.975. The molecule has 1 aliphatic rings. The summed E-state index contributed by atoms with van der Waals surface area (Å²) in [6.07, 6.45) is -3.61. The first-order valence-corrected chi connectivity index (χ1v) is 20.6. The van der Waals surface area contributed by atoms with Crippen molar-refractivity contribution in [1.82, 2.24) is 0 Å². The normalized spacial score (nSPS) is 23.7. The minimum Gasteiger partial charge on any atom is -0.453 e. The van der Waals surface area contributed by atoms with Crippen LogP contribution in [0.5, 0.6) is 0 Å². The Bertz CT molecular complexity index is 1190. The fourth-order valence-corrected chi connectivity index (χ4v) is 6.54. The maximum atomic E-state index is 13.5. The molecule has 0 bridgehead atoms. The highest BCUT2D eigenvalue weighted by Crippen LogP contribution is 2.42. The van der Waals surface area contributed by atoms with Crippen LogP contribution >= 0.6 is 0 Å². The van der Waals surface area contributed by atoms with Gasteiger partial charge in [0.1, 0.15) is 12.2 Å². The van der Waals surface area contributed by atoms with E-state index in [1.54, 1.807) is 48.5 Å². The highest BCUT2D eigenvalue weighted by atomic mass is 28.4. The van der Waals surface area contributed by atoms with E-state index in [9.17, 15) is 9.59 Å². The van der Waals surface area contributed by atoms with E-state index in [1.807, 2.05) is 19.1 Å². The molecule has 0 spiro atoms. The van der Waals surface area contributed by atoms with Crippen molar-refractivity contribution in [3.63, 3.8) is 0 Å². The third-order valence-corrected chi connectivity index (χ3v) is 18.0. The van der Waals surface area contributed by atoms with Crippen LogP contribution in [0, 0.1) is 0 Å². The number of rotatable bonds is 9. The minimum absolute atomic E-state index is 0.0196. The Morgan fingerprint density at radius 2 is 1.12 bits per heavy atom. The maximum absolute atomic E-state index is 13.5. The molecule has 42 heavy (non-hydrogen) atoms. The molecule has 9 heteroatoms. The van der Waals surface area contributed by atoms with E-state index in [0.29, 0.717) is 11.1 Å². The molecule has 0 N–H and O–H groups in total. The second-order valence-corrected chi connectivity index (χ2v) is 23.8. The van der Waals surface area contributed by atoms with Gasteiger partial charge in [-0.15, -0.1) is 0 Å². The minimum atomic E-state index is -2.46. The molecule has 0 saturated carbocycles. The van der Waals surface area contributed by atoms with Crippen molar-refractivity contribution in [2.24, 2.45) is 0 Å². The van der Waals surface area contributed by atoms with Gasteiger partial charge >= 0.3 is 11.9 Å². The SMILES string of the molecule is CC1OC(CO[Si](C)(C)C(C)(C)C)C(OC(=O)c2ccccc2)C(O[Si](C)(C)C(C)(C)C)C1OC(=O)c1ccccc1. The predicted molar refractivity (Wildman–Crippen MR) is 171 cm³/mol. The molecule has 1 fully saturated rings. The number of carbonyl (C=O) groups is 2. The zero-order valence-corrected chi connectivity index (χ0v) is 29.2. The van der Waals surface area contributed by atoms with Gasteiger partial charge in [0.05, 0.1) is 23.8 Å². The third kappa shape index (κ3) is 8.20. The maximum Gasteiger partial charge on any atom is 0.338 e. The van der Waals surface area contributed by atoms with Crippen LogP contribution in [0.15, 0.2) is 60.7 Å². The lowest BCUT2D eigenvalue weighted by Gasteiger charge is -2.49. The molecule has 2 aromatic carbocycles. The van der Waals surface area contributed by atoms with E-state index >= 15 is 0 Å². The molecule has 1 aliphatic heterocycles. The third-order valence-electron chi connectivity index (χ3n) is 9.02. The molecule has 5 unspecified atom stereocenters. The molecule has 5 atom stereocenters. The first-order valence-electron chi connectivity index (χ1n) is 14.8. The second-order valence-electron chi connectivity index (χ2n) is 14.3. The van der Waals surface area contributed by atoms with Gasteiger partial charge in [-0.05, 0) is 67.5 Å². The number of esters is 2. The average Bonchev–Trinajstić information content (AvgIpc) is 2.90. The first kappa shape index (κ1) is 34.2. The summed E-state index contributed by atoms with van der Waals surface area (Å²) in [6.45, 7) is 23.7. The number of hydrogen-bond donors (Lipinski definition) is 0. The zero-order valence-electron chi connectivity index (χ0n) is 27.2. The lowest BCUT2D eigenvalue weighted by atomic mass is 9.95. The molecule has 232 valence electrons. The summed E-state index contributed by atoms with van der Waals surface area (Å²) in [5, 5.41) is -0.169. The topological polar surface area (TPSA) is 80.3 Å².